The molecule has 5 fully saturated rings. The van der Waals surface area contributed by atoms with Gasteiger partial charge in [-0.25, -0.2) is 4.98 Å². The van der Waals surface area contributed by atoms with Crippen LogP contribution in [-0.2, 0) is 4.79 Å². The fourth-order valence-corrected chi connectivity index (χ4v) is 9.07. The standard InChI is InChI=1S/C31H42N4O3/c1-18-7-8-23-14-24(15-28(18)34(23)10-9-20-12-21-11-19(2)25(21)13-20)35-27-6-4-3-5-26(27)32-29(30(35)36)33-16-22(17-33)31(37)38/h3-6,18-25,28H,7-17H2,1-2H3,(H,37,38). The van der Waals surface area contributed by atoms with E-state index in [0.29, 0.717) is 36.9 Å². The Labute approximate surface area is 225 Å². The van der Waals surface area contributed by atoms with Gasteiger partial charge in [0.15, 0.2) is 5.82 Å². The van der Waals surface area contributed by atoms with Crippen molar-refractivity contribution >= 4 is 22.8 Å². The molecule has 8 unspecified atom stereocenters. The van der Waals surface area contributed by atoms with Gasteiger partial charge in [-0.2, -0.15) is 0 Å². The van der Waals surface area contributed by atoms with Gasteiger partial charge in [0.2, 0.25) is 0 Å². The lowest BCUT2D eigenvalue weighted by molar-refractivity contribution is -0.142. The molecule has 4 heterocycles. The summed E-state index contributed by atoms with van der Waals surface area (Å²) in [5, 5.41) is 9.36. The van der Waals surface area contributed by atoms with E-state index in [1.165, 1.54) is 45.1 Å². The molecule has 2 bridgehead atoms. The Morgan fingerprint density at radius 2 is 1.82 bits per heavy atom. The number of piperidine rings is 2. The highest BCUT2D eigenvalue weighted by Gasteiger charge is 2.47. The molecule has 1 aromatic carbocycles. The van der Waals surface area contributed by atoms with Gasteiger partial charge in [0, 0.05) is 31.2 Å². The molecule has 7 rings (SSSR count). The Morgan fingerprint density at radius 1 is 1.00 bits per heavy atom. The number of para-hydroxylation sites is 2. The Balaban J connectivity index is 1.14. The first-order valence-electron chi connectivity index (χ1n) is 15.1. The predicted octanol–water partition coefficient (Wildman–Crippen LogP) is 4.79. The lowest BCUT2D eigenvalue weighted by atomic mass is 9.68. The highest BCUT2D eigenvalue weighted by molar-refractivity contribution is 5.78. The van der Waals surface area contributed by atoms with Crippen LogP contribution in [0.5, 0.6) is 0 Å². The van der Waals surface area contributed by atoms with Crippen molar-refractivity contribution in [3.8, 4) is 0 Å². The van der Waals surface area contributed by atoms with E-state index in [2.05, 4.69) is 18.7 Å². The fourth-order valence-electron chi connectivity index (χ4n) is 9.07. The number of hydrogen-bond donors (Lipinski definition) is 1. The van der Waals surface area contributed by atoms with Crippen LogP contribution in [0.2, 0.25) is 0 Å². The summed E-state index contributed by atoms with van der Waals surface area (Å²) in [7, 11) is 0. The molecule has 38 heavy (non-hydrogen) atoms. The number of nitrogens with zero attached hydrogens (tertiary/aromatic N) is 4. The number of aromatic nitrogens is 2. The Morgan fingerprint density at radius 3 is 2.58 bits per heavy atom. The fraction of sp³-hybridized carbons (Fsp3) is 0.710. The number of hydrogen-bond acceptors (Lipinski definition) is 5. The minimum absolute atomic E-state index is 0.0488. The third kappa shape index (κ3) is 3.99. The number of rotatable bonds is 6. The van der Waals surface area contributed by atoms with Crippen LogP contribution in [-0.4, -0.2) is 57.2 Å². The van der Waals surface area contributed by atoms with Crippen LogP contribution in [0.25, 0.3) is 11.0 Å². The van der Waals surface area contributed by atoms with Crippen LogP contribution >= 0.6 is 0 Å². The lowest BCUT2D eigenvalue weighted by Crippen LogP contribution is -2.57. The van der Waals surface area contributed by atoms with Crippen molar-refractivity contribution < 1.29 is 9.90 Å². The van der Waals surface area contributed by atoms with E-state index in [4.69, 9.17) is 4.98 Å². The molecule has 1 N–H and O–H groups in total. The topological polar surface area (TPSA) is 78.7 Å². The molecule has 0 spiro atoms. The molecule has 1 aromatic heterocycles. The maximum Gasteiger partial charge on any atom is 0.310 e. The number of carboxylic acids is 1. The molecule has 2 aliphatic carbocycles. The third-order valence-electron chi connectivity index (χ3n) is 11.3. The number of aliphatic carboxylic acids is 1. The molecule has 7 nitrogen and oxygen atoms in total. The minimum Gasteiger partial charge on any atom is -0.481 e. The Hall–Kier alpha value is -2.41. The van der Waals surface area contributed by atoms with Crippen LogP contribution in [0.15, 0.2) is 29.1 Å². The van der Waals surface area contributed by atoms with Crippen LogP contribution in [0.4, 0.5) is 5.82 Å². The van der Waals surface area contributed by atoms with Gasteiger partial charge >= 0.3 is 5.97 Å². The minimum atomic E-state index is -0.795. The van der Waals surface area contributed by atoms with E-state index in [1.54, 1.807) is 0 Å². The van der Waals surface area contributed by atoms with Crippen molar-refractivity contribution in [1.29, 1.82) is 0 Å². The quantitative estimate of drug-likeness (QED) is 0.592. The molecule has 3 saturated heterocycles. The van der Waals surface area contributed by atoms with Crippen LogP contribution in [0.1, 0.15) is 71.3 Å². The van der Waals surface area contributed by atoms with Crippen molar-refractivity contribution in [2.45, 2.75) is 83.3 Å². The monoisotopic (exact) mass is 518 g/mol. The Bertz CT molecular complexity index is 1290. The summed E-state index contributed by atoms with van der Waals surface area (Å²) in [6.07, 6.45) is 10.2. The maximum atomic E-state index is 14.0. The van der Waals surface area contributed by atoms with Gasteiger partial charge in [-0.3, -0.25) is 14.5 Å². The normalized spacial score (nSPS) is 37.1. The summed E-state index contributed by atoms with van der Waals surface area (Å²) >= 11 is 0. The van der Waals surface area contributed by atoms with E-state index < -0.39 is 11.9 Å². The average Bonchev–Trinajstić information content (AvgIpc) is 3.20. The van der Waals surface area contributed by atoms with Gasteiger partial charge in [0.25, 0.3) is 5.56 Å². The molecular weight excluding hydrogens is 476 g/mol. The van der Waals surface area contributed by atoms with Gasteiger partial charge < -0.3 is 14.6 Å². The first-order valence-corrected chi connectivity index (χ1v) is 15.1. The van der Waals surface area contributed by atoms with E-state index in [-0.39, 0.29) is 11.6 Å². The number of carbonyl (C=O) groups is 1. The van der Waals surface area contributed by atoms with E-state index >= 15 is 0 Å². The molecule has 2 saturated carbocycles. The molecule has 204 valence electrons. The van der Waals surface area contributed by atoms with Crippen LogP contribution in [0.3, 0.4) is 0 Å². The van der Waals surface area contributed by atoms with Crippen LogP contribution < -0.4 is 10.5 Å². The predicted molar refractivity (Wildman–Crippen MR) is 148 cm³/mol. The zero-order valence-electron chi connectivity index (χ0n) is 22.8. The largest absolute Gasteiger partial charge is 0.481 e. The maximum absolute atomic E-state index is 14.0. The molecule has 0 radical (unpaired) electrons. The van der Waals surface area contributed by atoms with Crippen molar-refractivity contribution in [3.63, 3.8) is 0 Å². The number of carboxylic acid groups (broad SMARTS) is 1. The van der Waals surface area contributed by atoms with E-state index in [0.717, 1.165) is 47.5 Å². The van der Waals surface area contributed by atoms with Crippen molar-refractivity contribution in [3.05, 3.63) is 34.6 Å². The van der Waals surface area contributed by atoms with Gasteiger partial charge in [0.1, 0.15) is 0 Å². The molecular formula is C31H42N4O3. The molecule has 7 heteroatoms. The lowest BCUT2D eigenvalue weighted by Gasteiger charge is -2.52. The third-order valence-corrected chi connectivity index (χ3v) is 11.3. The zero-order chi connectivity index (χ0) is 26.1. The second-order valence-electron chi connectivity index (χ2n) is 13.4. The Kier molecular flexibility index (Phi) is 6.06. The van der Waals surface area contributed by atoms with E-state index in [1.807, 2.05) is 33.7 Å². The van der Waals surface area contributed by atoms with Crippen molar-refractivity contribution in [2.75, 3.05) is 24.5 Å². The number of fused-ring (bicyclic) bond motifs is 4. The summed E-state index contributed by atoms with van der Waals surface area (Å²) < 4.78 is 2.04. The van der Waals surface area contributed by atoms with Gasteiger partial charge in [0.05, 0.1) is 17.0 Å². The van der Waals surface area contributed by atoms with Crippen LogP contribution in [0, 0.1) is 35.5 Å². The first-order chi connectivity index (χ1) is 18.4. The summed E-state index contributed by atoms with van der Waals surface area (Å²) in [4.78, 5) is 34.8. The highest BCUT2D eigenvalue weighted by Crippen LogP contribution is 2.54. The summed E-state index contributed by atoms with van der Waals surface area (Å²) in [6.45, 7) is 6.80. The summed E-state index contributed by atoms with van der Waals surface area (Å²) in [5.41, 5.74) is 1.69. The van der Waals surface area contributed by atoms with Crippen molar-refractivity contribution in [1.82, 2.24) is 14.5 Å². The molecule has 3 aliphatic heterocycles. The van der Waals surface area contributed by atoms with Crippen molar-refractivity contribution in [2.24, 2.45) is 35.5 Å². The second kappa shape index (κ2) is 9.35. The van der Waals surface area contributed by atoms with E-state index in [9.17, 15) is 14.7 Å². The van der Waals surface area contributed by atoms with Gasteiger partial charge in [-0.15, -0.1) is 0 Å². The zero-order valence-corrected chi connectivity index (χ0v) is 22.8. The SMILES string of the molecule is CC1CC2CC(CCN3C4CCC(C)C3CC(n3c(=O)c(N5CC(C(=O)O)C5)nc5ccccc53)C4)CC12. The van der Waals surface area contributed by atoms with Gasteiger partial charge in [-0.05, 0) is 99.6 Å². The number of anilines is 1. The molecule has 0 amide bonds. The first kappa shape index (κ1) is 24.6. The smallest absolute Gasteiger partial charge is 0.310 e. The highest BCUT2D eigenvalue weighted by atomic mass is 16.4. The second-order valence-corrected chi connectivity index (χ2v) is 13.4. The molecule has 2 aromatic rings. The van der Waals surface area contributed by atoms with Gasteiger partial charge in [-0.1, -0.05) is 26.0 Å². The molecule has 8 atom stereocenters. The summed E-state index contributed by atoms with van der Waals surface area (Å²) in [5.74, 6) is 3.72. The average molecular weight is 519 g/mol. The number of benzene rings is 1. The summed E-state index contributed by atoms with van der Waals surface area (Å²) in [6, 6.07) is 9.20. The molecule has 5 aliphatic rings.